The number of carbonyl (C=O) groups is 1. The maximum atomic E-state index is 12.9. The monoisotopic (exact) mass is 314 g/mol. The first-order valence-electron chi connectivity index (χ1n) is 7.60. The van der Waals surface area contributed by atoms with Gasteiger partial charge in [0.15, 0.2) is 11.4 Å². The Kier molecular flexibility index (Phi) is 3.39. The number of pyridine rings is 1. The Balaban J connectivity index is 1.93. The molecule has 24 heavy (non-hydrogen) atoms. The highest BCUT2D eigenvalue weighted by molar-refractivity contribution is 6.13. The Morgan fingerprint density at radius 2 is 1.83 bits per heavy atom. The second-order valence-electron chi connectivity index (χ2n) is 5.46. The molecule has 0 unspecified atom stereocenters. The van der Waals surface area contributed by atoms with Crippen LogP contribution in [0.5, 0.6) is 0 Å². The van der Waals surface area contributed by atoms with Crippen molar-refractivity contribution in [2.75, 3.05) is 0 Å². The van der Waals surface area contributed by atoms with Crippen molar-refractivity contribution < 1.29 is 4.79 Å². The number of aryl methyl sites for hydroxylation is 1. The van der Waals surface area contributed by atoms with Crippen LogP contribution in [0.4, 0.5) is 0 Å². The van der Waals surface area contributed by atoms with Crippen LogP contribution in [0.15, 0.2) is 67.1 Å². The molecule has 0 aliphatic rings. The molecule has 5 heteroatoms. The van der Waals surface area contributed by atoms with Crippen molar-refractivity contribution >= 4 is 11.4 Å². The van der Waals surface area contributed by atoms with Gasteiger partial charge in [0.2, 0.25) is 0 Å². The number of carbonyl (C=O) groups excluding carboxylic acids is 1. The van der Waals surface area contributed by atoms with Gasteiger partial charge >= 0.3 is 0 Å². The molecule has 3 heterocycles. The fourth-order valence-electron chi connectivity index (χ4n) is 2.78. The first kappa shape index (κ1) is 14.3. The minimum atomic E-state index is -0.0704. The van der Waals surface area contributed by atoms with Gasteiger partial charge in [0, 0.05) is 29.7 Å². The van der Waals surface area contributed by atoms with E-state index in [1.54, 1.807) is 35.2 Å². The van der Waals surface area contributed by atoms with Crippen LogP contribution in [0, 0.1) is 6.92 Å². The highest BCUT2D eigenvalue weighted by Gasteiger charge is 2.21. The minimum Gasteiger partial charge on any atom is -0.288 e. The molecule has 0 fully saturated rings. The highest BCUT2D eigenvalue weighted by atomic mass is 16.1. The number of aromatic nitrogens is 4. The van der Waals surface area contributed by atoms with Crippen LogP contribution in [0.2, 0.25) is 0 Å². The summed E-state index contributed by atoms with van der Waals surface area (Å²) in [4.78, 5) is 21.4. The Morgan fingerprint density at radius 1 is 1.00 bits per heavy atom. The lowest BCUT2D eigenvalue weighted by Gasteiger charge is -2.04. The first-order valence-corrected chi connectivity index (χ1v) is 7.60. The smallest absolute Gasteiger partial charge is 0.198 e. The summed E-state index contributed by atoms with van der Waals surface area (Å²) in [5.74, 6) is -0.0704. The van der Waals surface area contributed by atoms with Gasteiger partial charge in [0.1, 0.15) is 0 Å². The van der Waals surface area contributed by atoms with Gasteiger partial charge in [-0.15, -0.1) is 0 Å². The quantitative estimate of drug-likeness (QED) is 0.544. The van der Waals surface area contributed by atoms with Crippen molar-refractivity contribution in [1.82, 2.24) is 19.6 Å². The zero-order chi connectivity index (χ0) is 16.5. The summed E-state index contributed by atoms with van der Waals surface area (Å²) in [6, 6.07) is 14.9. The Hall–Kier alpha value is -3.34. The maximum absolute atomic E-state index is 12.9. The molecule has 0 saturated carbocycles. The van der Waals surface area contributed by atoms with Crippen LogP contribution in [0.25, 0.3) is 16.9 Å². The zero-order valence-corrected chi connectivity index (χ0v) is 13.0. The van der Waals surface area contributed by atoms with E-state index in [-0.39, 0.29) is 5.78 Å². The van der Waals surface area contributed by atoms with Gasteiger partial charge < -0.3 is 0 Å². The predicted octanol–water partition coefficient (Wildman–Crippen LogP) is 3.33. The molecule has 0 aliphatic heterocycles. The van der Waals surface area contributed by atoms with Crippen molar-refractivity contribution in [3.05, 3.63) is 83.9 Å². The topological polar surface area (TPSA) is 60.1 Å². The molecule has 0 aliphatic carbocycles. The number of fused-ring (bicyclic) bond motifs is 1. The Bertz CT molecular complexity index is 1020. The second kappa shape index (κ2) is 5.70. The van der Waals surface area contributed by atoms with Crippen LogP contribution in [-0.4, -0.2) is 25.4 Å². The van der Waals surface area contributed by atoms with E-state index in [0.29, 0.717) is 22.5 Å². The maximum Gasteiger partial charge on any atom is 0.198 e. The van der Waals surface area contributed by atoms with E-state index in [1.807, 2.05) is 43.3 Å². The van der Waals surface area contributed by atoms with Gasteiger partial charge in [-0.2, -0.15) is 5.10 Å². The summed E-state index contributed by atoms with van der Waals surface area (Å²) in [7, 11) is 0. The third kappa shape index (κ3) is 2.27. The molecule has 0 radical (unpaired) electrons. The van der Waals surface area contributed by atoms with E-state index in [4.69, 9.17) is 0 Å². The predicted molar refractivity (Wildman–Crippen MR) is 90.8 cm³/mol. The van der Waals surface area contributed by atoms with Crippen molar-refractivity contribution in [2.24, 2.45) is 0 Å². The molecule has 5 nitrogen and oxygen atoms in total. The third-order valence-electron chi connectivity index (χ3n) is 3.91. The standard InChI is InChI=1S/C19H14N4O/c1-13-17(18(24)14-6-3-2-4-7-14)19-21-11-9-16(23(19)22-13)15-8-5-10-20-12-15/h2-12H,1H3. The van der Waals surface area contributed by atoms with E-state index in [9.17, 15) is 4.79 Å². The number of ketones is 1. The summed E-state index contributed by atoms with van der Waals surface area (Å²) in [5, 5.41) is 4.54. The van der Waals surface area contributed by atoms with Crippen LogP contribution < -0.4 is 0 Å². The SMILES string of the molecule is Cc1nn2c(-c3cccnc3)ccnc2c1C(=O)c1ccccc1. The first-order chi connectivity index (χ1) is 11.8. The fourth-order valence-corrected chi connectivity index (χ4v) is 2.78. The number of hydrogen-bond acceptors (Lipinski definition) is 4. The lowest BCUT2D eigenvalue weighted by molar-refractivity contribution is 0.103. The molecular formula is C19H14N4O. The molecular weight excluding hydrogens is 300 g/mol. The summed E-state index contributed by atoms with van der Waals surface area (Å²) in [6.07, 6.45) is 5.19. The molecule has 4 rings (SSSR count). The van der Waals surface area contributed by atoms with Crippen LogP contribution in [-0.2, 0) is 0 Å². The largest absolute Gasteiger partial charge is 0.288 e. The van der Waals surface area contributed by atoms with E-state index >= 15 is 0 Å². The molecule has 1 aromatic carbocycles. The lowest BCUT2D eigenvalue weighted by atomic mass is 10.0. The van der Waals surface area contributed by atoms with Gasteiger partial charge in [0.25, 0.3) is 0 Å². The number of benzene rings is 1. The molecule has 0 amide bonds. The number of nitrogens with zero attached hydrogens (tertiary/aromatic N) is 4. The van der Waals surface area contributed by atoms with E-state index in [2.05, 4.69) is 15.1 Å². The Morgan fingerprint density at radius 3 is 2.58 bits per heavy atom. The van der Waals surface area contributed by atoms with Crippen LogP contribution in [0.3, 0.4) is 0 Å². The van der Waals surface area contributed by atoms with E-state index in [1.165, 1.54) is 0 Å². The van der Waals surface area contributed by atoms with E-state index < -0.39 is 0 Å². The molecule has 0 spiro atoms. The number of rotatable bonds is 3. The normalized spacial score (nSPS) is 10.9. The lowest BCUT2D eigenvalue weighted by Crippen LogP contribution is -2.03. The molecule has 4 aromatic rings. The third-order valence-corrected chi connectivity index (χ3v) is 3.91. The number of hydrogen-bond donors (Lipinski definition) is 0. The van der Waals surface area contributed by atoms with Crippen molar-refractivity contribution in [2.45, 2.75) is 6.92 Å². The van der Waals surface area contributed by atoms with Crippen molar-refractivity contribution in [3.63, 3.8) is 0 Å². The van der Waals surface area contributed by atoms with Crippen LogP contribution >= 0.6 is 0 Å². The van der Waals surface area contributed by atoms with E-state index in [0.717, 1.165) is 11.3 Å². The van der Waals surface area contributed by atoms with Gasteiger partial charge in [0.05, 0.1) is 17.0 Å². The molecule has 116 valence electrons. The van der Waals surface area contributed by atoms with Gasteiger partial charge in [-0.05, 0) is 25.1 Å². The van der Waals surface area contributed by atoms with Gasteiger partial charge in [-0.1, -0.05) is 30.3 Å². The highest BCUT2D eigenvalue weighted by Crippen LogP contribution is 2.23. The molecule has 0 saturated heterocycles. The Labute approximate surface area is 138 Å². The molecule has 3 aromatic heterocycles. The minimum absolute atomic E-state index is 0.0704. The van der Waals surface area contributed by atoms with Crippen LogP contribution in [0.1, 0.15) is 21.6 Å². The average molecular weight is 314 g/mol. The van der Waals surface area contributed by atoms with Crippen molar-refractivity contribution in [3.8, 4) is 11.3 Å². The van der Waals surface area contributed by atoms with Crippen molar-refractivity contribution in [1.29, 1.82) is 0 Å². The summed E-state index contributed by atoms with van der Waals surface area (Å²) < 4.78 is 1.71. The summed E-state index contributed by atoms with van der Waals surface area (Å²) in [6.45, 7) is 1.83. The molecule has 0 bridgehead atoms. The van der Waals surface area contributed by atoms with Gasteiger partial charge in [-0.3, -0.25) is 9.78 Å². The second-order valence-corrected chi connectivity index (χ2v) is 5.46. The fraction of sp³-hybridized carbons (Fsp3) is 0.0526. The summed E-state index contributed by atoms with van der Waals surface area (Å²) >= 11 is 0. The van der Waals surface area contributed by atoms with Gasteiger partial charge in [-0.25, -0.2) is 9.50 Å². The average Bonchev–Trinajstić information content (AvgIpc) is 2.98. The zero-order valence-electron chi connectivity index (χ0n) is 13.0. The molecule has 0 N–H and O–H groups in total. The molecule has 0 atom stereocenters. The summed E-state index contributed by atoms with van der Waals surface area (Å²) in [5.41, 5.74) is 4.15.